The molecule has 0 aliphatic carbocycles. The number of carboxylic acid groups (broad SMARTS) is 1. The Balaban J connectivity index is 2.67. The van der Waals surface area contributed by atoms with E-state index in [1.54, 1.807) is 7.11 Å². The average Bonchev–Trinajstić information content (AvgIpc) is 2.32. The Labute approximate surface area is 107 Å². The first-order chi connectivity index (χ1) is 8.45. The maximum Gasteiger partial charge on any atom is 0.321 e. The van der Waals surface area contributed by atoms with Crippen LogP contribution in [0.1, 0.15) is 16.7 Å². The minimum absolute atomic E-state index is 0.228. The van der Waals surface area contributed by atoms with Gasteiger partial charge in [0.15, 0.2) is 0 Å². The van der Waals surface area contributed by atoms with E-state index in [4.69, 9.17) is 15.6 Å². The van der Waals surface area contributed by atoms with Crippen molar-refractivity contribution in [3.05, 3.63) is 28.8 Å². The van der Waals surface area contributed by atoms with Gasteiger partial charge in [0.25, 0.3) is 0 Å². The second-order valence-corrected chi connectivity index (χ2v) is 4.32. The van der Waals surface area contributed by atoms with Crippen molar-refractivity contribution >= 4 is 5.97 Å². The number of methoxy groups -OCH3 is 1. The van der Waals surface area contributed by atoms with E-state index in [-0.39, 0.29) is 6.54 Å². The Morgan fingerprint density at radius 3 is 2.61 bits per heavy atom. The minimum Gasteiger partial charge on any atom is -0.496 e. The lowest BCUT2D eigenvalue weighted by molar-refractivity contribution is -0.138. The van der Waals surface area contributed by atoms with Crippen LogP contribution in [0.5, 0.6) is 5.75 Å². The summed E-state index contributed by atoms with van der Waals surface area (Å²) in [5.74, 6) is -0.205. The SMILES string of the molecule is COc1cc(C)c(C)cc1CNCC(N)C(=O)O. The predicted molar refractivity (Wildman–Crippen MR) is 69.8 cm³/mol. The molecule has 0 aromatic heterocycles. The van der Waals surface area contributed by atoms with Gasteiger partial charge in [-0.25, -0.2) is 0 Å². The number of hydrogen-bond acceptors (Lipinski definition) is 4. The molecule has 0 aliphatic heterocycles. The average molecular weight is 252 g/mol. The zero-order chi connectivity index (χ0) is 13.7. The lowest BCUT2D eigenvalue weighted by Crippen LogP contribution is -2.40. The zero-order valence-electron chi connectivity index (χ0n) is 11.0. The van der Waals surface area contributed by atoms with E-state index in [0.717, 1.165) is 16.9 Å². The molecule has 4 N–H and O–H groups in total. The molecule has 0 saturated carbocycles. The van der Waals surface area contributed by atoms with Crippen LogP contribution in [-0.2, 0) is 11.3 Å². The smallest absolute Gasteiger partial charge is 0.321 e. The number of ether oxygens (including phenoxy) is 1. The monoisotopic (exact) mass is 252 g/mol. The summed E-state index contributed by atoms with van der Waals surface area (Å²) in [4.78, 5) is 10.6. The van der Waals surface area contributed by atoms with E-state index >= 15 is 0 Å². The molecule has 0 fully saturated rings. The first kappa shape index (κ1) is 14.5. The Hall–Kier alpha value is -1.59. The number of rotatable bonds is 6. The Morgan fingerprint density at radius 2 is 2.06 bits per heavy atom. The third kappa shape index (κ3) is 3.72. The molecule has 1 unspecified atom stereocenters. The van der Waals surface area contributed by atoms with Crippen molar-refractivity contribution in [1.29, 1.82) is 0 Å². The number of aryl methyl sites for hydroxylation is 2. The fourth-order valence-electron chi connectivity index (χ4n) is 1.63. The predicted octanol–water partition coefficient (Wildman–Crippen LogP) is 0.814. The summed E-state index contributed by atoms with van der Waals surface area (Å²) >= 11 is 0. The van der Waals surface area contributed by atoms with Gasteiger partial charge < -0.3 is 20.9 Å². The standard InChI is InChI=1S/C13H20N2O3/c1-8-4-10(12(18-3)5-9(8)2)6-15-7-11(14)13(16)17/h4-5,11,15H,6-7,14H2,1-3H3,(H,16,17). The first-order valence-electron chi connectivity index (χ1n) is 5.79. The van der Waals surface area contributed by atoms with E-state index in [0.29, 0.717) is 6.54 Å². The van der Waals surface area contributed by atoms with Gasteiger partial charge in [0, 0.05) is 18.7 Å². The van der Waals surface area contributed by atoms with Crippen molar-refractivity contribution in [2.45, 2.75) is 26.4 Å². The van der Waals surface area contributed by atoms with Crippen LogP contribution >= 0.6 is 0 Å². The highest BCUT2D eigenvalue weighted by atomic mass is 16.5. The Kier molecular flexibility index (Phi) is 5.12. The summed E-state index contributed by atoms with van der Waals surface area (Å²) in [6.45, 7) is 4.81. The lowest BCUT2D eigenvalue weighted by Gasteiger charge is -2.13. The van der Waals surface area contributed by atoms with Crippen LogP contribution in [0.2, 0.25) is 0 Å². The molecule has 0 amide bonds. The van der Waals surface area contributed by atoms with E-state index < -0.39 is 12.0 Å². The van der Waals surface area contributed by atoms with E-state index in [1.807, 2.05) is 26.0 Å². The second kappa shape index (κ2) is 6.37. The topological polar surface area (TPSA) is 84.6 Å². The minimum atomic E-state index is -1.01. The molecular formula is C13H20N2O3. The molecule has 5 nitrogen and oxygen atoms in total. The van der Waals surface area contributed by atoms with Crippen LogP contribution < -0.4 is 15.8 Å². The van der Waals surface area contributed by atoms with Crippen LogP contribution in [0.25, 0.3) is 0 Å². The molecule has 100 valence electrons. The van der Waals surface area contributed by atoms with Crippen molar-refractivity contribution in [1.82, 2.24) is 5.32 Å². The van der Waals surface area contributed by atoms with Gasteiger partial charge in [-0.3, -0.25) is 4.79 Å². The number of nitrogens with two attached hydrogens (primary N) is 1. The van der Waals surface area contributed by atoms with Crippen molar-refractivity contribution in [2.24, 2.45) is 5.73 Å². The van der Waals surface area contributed by atoms with Gasteiger partial charge in [0.05, 0.1) is 7.11 Å². The fourth-order valence-corrected chi connectivity index (χ4v) is 1.63. The van der Waals surface area contributed by atoms with Crippen molar-refractivity contribution in [3.63, 3.8) is 0 Å². The third-order valence-corrected chi connectivity index (χ3v) is 2.89. The summed E-state index contributed by atoms with van der Waals surface area (Å²) < 4.78 is 5.30. The lowest BCUT2D eigenvalue weighted by atomic mass is 10.0. The summed E-state index contributed by atoms with van der Waals surface area (Å²) in [6.07, 6.45) is 0. The molecule has 1 aromatic carbocycles. The molecule has 18 heavy (non-hydrogen) atoms. The highest BCUT2D eigenvalue weighted by Gasteiger charge is 2.11. The summed E-state index contributed by atoms with van der Waals surface area (Å²) in [6, 6.07) is 3.12. The van der Waals surface area contributed by atoms with Gasteiger partial charge in [-0.05, 0) is 31.0 Å². The fraction of sp³-hybridized carbons (Fsp3) is 0.462. The first-order valence-corrected chi connectivity index (χ1v) is 5.79. The van der Waals surface area contributed by atoms with Gasteiger partial charge in [0.1, 0.15) is 11.8 Å². The van der Waals surface area contributed by atoms with Gasteiger partial charge in [-0.2, -0.15) is 0 Å². The van der Waals surface area contributed by atoms with E-state index in [2.05, 4.69) is 5.32 Å². The number of aliphatic carboxylic acids is 1. The summed E-state index contributed by atoms with van der Waals surface area (Å²) in [7, 11) is 1.62. The Morgan fingerprint density at radius 1 is 1.44 bits per heavy atom. The molecule has 0 aliphatic rings. The van der Waals surface area contributed by atoms with Gasteiger partial charge in [0.2, 0.25) is 0 Å². The number of carboxylic acids is 1. The van der Waals surface area contributed by atoms with Gasteiger partial charge in [-0.15, -0.1) is 0 Å². The number of hydrogen-bond donors (Lipinski definition) is 3. The molecule has 1 atom stereocenters. The van der Waals surface area contributed by atoms with Crippen molar-refractivity contribution in [2.75, 3.05) is 13.7 Å². The molecule has 5 heteroatoms. The maximum atomic E-state index is 10.6. The van der Waals surface area contributed by atoms with Crippen molar-refractivity contribution in [3.8, 4) is 5.75 Å². The molecule has 0 spiro atoms. The zero-order valence-corrected chi connectivity index (χ0v) is 11.0. The number of nitrogens with one attached hydrogen (secondary N) is 1. The van der Waals surface area contributed by atoms with E-state index in [9.17, 15) is 4.79 Å². The Bertz CT molecular complexity index is 432. The molecule has 0 saturated heterocycles. The quantitative estimate of drug-likeness (QED) is 0.698. The second-order valence-electron chi connectivity index (χ2n) is 4.32. The molecule has 1 aromatic rings. The largest absolute Gasteiger partial charge is 0.496 e. The highest BCUT2D eigenvalue weighted by Crippen LogP contribution is 2.22. The number of carbonyl (C=O) groups is 1. The summed E-state index contributed by atoms with van der Waals surface area (Å²) in [5.41, 5.74) is 8.75. The number of benzene rings is 1. The van der Waals surface area contributed by atoms with Crippen LogP contribution in [0, 0.1) is 13.8 Å². The molecular weight excluding hydrogens is 232 g/mol. The normalized spacial score (nSPS) is 12.2. The van der Waals surface area contributed by atoms with Gasteiger partial charge in [-0.1, -0.05) is 6.07 Å². The van der Waals surface area contributed by atoms with Crippen molar-refractivity contribution < 1.29 is 14.6 Å². The highest BCUT2D eigenvalue weighted by molar-refractivity contribution is 5.73. The molecule has 0 heterocycles. The van der Waals surface area contributed by atoms with E-state index in [1.165, 1.54) is 5.56 Å². The van der Waals surface area contributed by atoms with Crippen LogP contribution in [0.4, 0.5) is 0 Å². The van der Waals surface area contributed by atoms with Gasteiger partial charge >= 0.3 is 5.97 Å². The van der Waals surface area contributed by atoms with Crippen LogP contribution in [0.15, 0.2) is 12.1 Å². The van der Waals surface area contributed by atoms with Crippen LogP contribution in [-0.4, -0.2) is 30.8 Å². The third-order valence-electron chi connectivity index (χ3n) is 2.89. The molecule has 0 radical (unpaired) electrons. The molecule has 0 bridgehead atoms. The summed E-state index contributed by atoms with van der Waals surface area (Å²) in [5, 5.41) is 11.7. The van der Waals surface area contributed by atoms with Crippen LogP contribution in [0.3, 0.4) is 0 Å². The maximum absolute atomic E-state index is 10.6. The molecule has 1 rings (SSSR count).